The lowest BCUT2D eigenvalue weighted by Gasteiger charge is -2.18. The third-order valence-corrected chi connectivity index (χ3v) is 5.25. The molecule has 0 saturated carbocycles. The maximum absolute atomic E-state index is 12.6. The fourth-order valence-corrected chi connectivity index (χ4v) is 3.86. The number of nitrogens with zero attached hydrogens (tertiary/aromatic N) is 2. The fraction of sp³-hybridized carbons (Fsp3) is 0.227. The van der Waals surface area contributed by atoms with Crippen LogP contribution in [0.15, 0.2) is 54.6 Å². The third kappa shape index (κ3) is 5.95. The first-order valence-corrected chi connectivity index (χ1v) is 10.4. The summed E-state index contributed by atoms with van der Waals surface area (Å²) in [5.41, 5.74) is 0.886. The van der Waals surface area contributed by atoms with E-state index in [9.17, 15) is 19.7 Å². The number of nitro benzene ring substituents is 1. The van der Waals surface area contributed by atoms with Gasteiger partial charge in [0.05, 0.1) is 39.3 Å². The Morgan fingerprint density at radius 1 is 1.19 bits per heavy atom. The van der Waals surface area contributed by atoms with Crippen molar-refractivity contribution >= 4 is 45.2 Å². The number of ether oxygens (including phenoxy) is 1. The normalized spacial score (nSPS) is 12.2. The van der Waals surface area contributed by atoms with Gasteiger partial charge in [-0.05, 0) is 32.1 Å². The van der Waals surface area contributed by atoms with Gasteiger partial charge in [-0.15, -0.1) is 11.3 Å². The van der Waals surface area contributed by atoms with E-state index >= 15 is 0 Å². The minimum atomic E-state index is -0.916. The summed E-state index contributed by atoms with van der Waals surface area (Å²) in [6.45, 7) is 3.41. The van der Waals surface area contributed by atoms with E-state index in [1.54, 1.807) is 26.0 Å². The van der Waals surface area contributed by atoms with Crippen molar-refractivity contribution in [3.05, 3.63) is 75.3 Å². The molecule has 0 saturated heterocycles. The summed E-state index contributed by atoms with van der Waals surface area (Å²) in [5, 5.41) is 14.8. The minimum absolute atomic E-state index is 0.180. The van der Waals surface area contributed by atoms with Gasteiger partial charge in [0.25, 0.3) is 5.69 Å². The molecule has 0 bridgehead atoms. The van der Waals surface area contributed by atoms with Gasteiger partial charge in [0.1, 0.15) is 5.01 Å². The average molecular weight is 439 g/mol. The summed E-state index contributed by atoms with van der Waals surface area (Å²) in [7, 11) is 0. The number of fused-ring (bicyclic) bond motifs is 1. The van der Waals surface area contributed by atoms with Crippen LogP contribution in [-0.4, -0.2) is 27.9 Å². The zero-order valence-electron chi connectivity index (χ0n) is 17.0. The monoisotopic (exact) mass is 439 g/mol. The predicted molar refractivity (Wildman–Crippen MR) is 118 cm³/mol. The molecular formula is C22H21N3O5S. The first-order valence-electron chi connectivity index (χ1n) is 9.60. The molecule has 0 aliphatic rings. The fourth-order valence-electron chi connectivity index (χ4n) is 2.99. The van der Waals surface area contributed by atoms with Gasteiger partial charge < -0.3 is 10.1 Å². The molecular weight excluding hydrogens is 418 g/mol. The number of hydrogen-bond donors (Lipinski definition) is 1. The van der Waals surface area contributed by atoms with Crippen molar-refractivity contribution < 1.29 is 19.2 Å². The maximum atomic E-state index is 12.6. The number of nitrogens with one attached hydrogen (secondary N) is 1. The highest BCUT2D eigenvalue weighted by molar-refractivity contribution is 7.19. The number of aromatic nitrogens is 1. The molecule has 1 unspecified atom stereocenters. The summed E-state index contributed by atoms with van der Waals surface area (Å²) in [6.07, 6.45) is 2.30. The Kier molecular flexibility index (Phi) is 7.09. The molecule has 1 amide bonds. The van der Waals surface area contributed by atoms with E-state index in [1.165, 1.54) is 35.6 Å². The van der Waals surface area contributed by atoms with Crippen molar-refractivity contribution in [1.82, 2.24) is 10.3 Å². The zero-order chi connectivity index (χ0) is 22.4. The number of hydrogen-bond acceptors (Lipinski definition) is 7. The van der Waals surface area contributed by atoms with E-state index in [1.807, 2.05) is 24.3 Å². The van der Waals surface area contributed by atoms with Crippen LogP contribution in [0.25, 0.3) is 16.3 Å². The van der Waals surface area contributed by atoms with Crippen LogP contribution >= 0.6 is 11.3 Å². The Hall–Kier alpha value is -3.59. The van der Waals surface area contributed by atoms with Crippen LogP contribution in [0.3, 0.4) is 0 Å². The molecule has 31 heavy (non-hydrogen) atoms. The molecule has 0 spiro atoms. The molecule has 1 N–H and O–H groups in total. The van der Waals surface area contributed by atoms with Gasteiger partial charge in [0.15, 0.2) is 0 Å². The lowest BCUT2D eigenvalue weighted by Crippen LogP contribution is -2.30. The second-order valence-electron chi connectivity index (χ2n) is 6.97. The topological polar surface area (TPSA) is 111 Å². The zero-order valence-corrected chi connectivity index (χ0v) is 17.8. The Balaban J connectivity index is 1.80. The van der Waals surface area contributed by atoms with E-state index in [2.05, 4.69) is 10.3 Å². The van der Waals surface area contributed by atoms with Crippen LogP contribution in [0.1, 0.15) is 36.9 Å². The van der Waals surface area contributed by atoms with Crippen LogP contribution in [0.5, 0.6) is 0 Å². The molecule has 0 aliphatic heterocycles. The molecule has 0 radical (unpaired) electrons. The van der Waals surface area contributed by atoms with Crippen LogP contribution in [0, 0.1) is 10.1 Å². The Morgan fingerprint density at radius 3 is 2.61 bits per heavy atom. The van der Waals surface area contributed by atoms with Crippen molar-refractivity contribution in [3.63, 3.8) is 0 Å². The highest BCUT2D eigenvalue weighted by Crippen LogP contribution is 2.28. The molecule has 1 heterocycles. The molecule has 160 valence electrons. The molecule has 0 fully saturated rings. The molecule has 1 atom stereocenters. The van der Waals surface area contributed by atoms with E-state index in [-0.39, 0.29) is 23.8 Å². The number of thiazole rings is 1. The van der Waals surface area contributed by atoms with Crippen LogP contribution in [-0.2, 0) is 14.3 Å². The van der Waals surface area contributed by atoms with Gasteiger partial charge in [-0.1, -0.05) is 30.3 Å². The quantitative estimate of drug-likeness (QED) is 0.241. The lowest BCUT2D eigenvalue weighted by molar-refractivity contribution is -0.385. The summed E-state index contributed by atoms with van der Waals surface area (Å²) in [6, 6.07) is 12.7. The number of carbonyl (C=O) groups excluding carboxylic acids is 2. The van der Waals surface area contributed by atoms with E-state index in [0.717, 1.165) is 10.2 Å². The minimum Gasteiger partial charge on any atom is -0.463 e. The van der Waals surface area contributed by atoms with E-state index < -0.39 is 22.8 Å². The highest BCUT2D eigenvalue weighted by atomic mass is 32.1. The van der Waals surface area contributed by atoms with Gasteiger partial charge in [0.2, 0.25) is 5.91 Å². The largest absolute Gasteiger partial charge is 0.463 e. The summed E-state index contributed by atoms with van der Waals surface area (Å²) < 4.78 is 6.16. The van der Waals surface area contributed by atoms with E-state index in [0.29, 0.717) is 5.01 Å². The standard InChI is InChI=1S/C22H21N3O5S/c1-14(2)30-22(27)13-17(15-7-3-5-9-18(15)25(28)29)23-20(26)11-12-21-24-16-8-4-6-10-19(16)31-21/h3-12,14,17H,13H2,1-2H3,(H,23,26)/b12-11+. The van der Waals surface area contributed by atoms with Gasteiger partial charge in [0, 0.05) is 12.1 Å². The molecule has 3 rings (SSSR count). The van der Waals surface area contributed by atoms with Crippen molar-refractivity contribution in [2.75, 3.05) is 0 Å². The van der Waals surface area contributed by atoms with Gasteiger partial charge in [-0.2, -0.15) is 0 Å². The Bertz CT molecular complexity index is 1110. The van der Waals surface area contributed by atoms with Crippen molar-refractivity contribution in [3.8, 4) is 0 Å². The molecule has 2 aromatic carbocycles. The second-order valence-corrected chi connectivity index (χ2v) is 8.04. The Labute approximate surface area is 182 Å². The van der Waals surface area contributed by atoms with Gasteiger partial charge in [-0.3, -0.25) is 19.7 Å². The van der Waals surface area contributed by atoms with Gasteiger partial charge in [-0.25, -0.2) is 4.98 Å². The highest BCUT2D eigenvalue weighted by Gasteiger charge is 2.26. The molecule has 8 nitrogen and oxygen atoms in total. The number of para-hydroxylation sites is 2. The SMILES string of the molecule is CC(C)OC(=O)CC(NC(=O)/C=C/c1nc2ccccc2s1)c1ccccc1[N+](=O)[O-]. The first-order chi connectivity index (χ1) is 14.8. The number of rotatable bonds is 8. The van der Waals surface area contributed by atoms with Crippen molar-refractivity contribution in [1.29, 1.82) is 0 Å². The lowest BCUT2D eigenvalue weighted by atomic mass is 10.0. The Morgan fingerprint density at radius 2 is 1.90 bits per heavy atom. The molecule has 0 aliphatic carbocycles. The number of carbonyl (C=O) groups is 2. The summed E-state index contributed by atoms with van der Waals surface area (Å²) in [4.78, 5) is 40.1. The van der Waals surface area contributed by atoms with Crippen LogP contribution in [0.2, 0.25) is 0 Å². The number of amides is 1. The summed E-state index contributed by atoms with van der Waals surface area (Å²) >= 11 is 1.44. The van der Waals surface area contributed by atoms with Crippen molar-refractivity contribution in [2.45, 2.75) is 32.4 Å². The average Bonchev–Trinajstić information content (AvgIpc) is 3.14. The van der Waals surface area contributed by atoms with Gasteiger partial charge >= 0.3 is 5.97 Å². The molecule has 1 aromatic heterocycles. The number of nitro groups is 1. The van der Waals surface area contributed by atoms with Crippen LogP contribution < -0.4 is 5.32 Å². The number of esters is 1. The van der Waals surface area contributed by atoms with E-state index in [4.69, 9.17) is 4.74 Å². The third-order valence-electron chi connectivity index (χ3n) is 4.25. The molecule has 3 aromatic rings. The van der Waals surface area contributed by atoms with Crippen molar-refractivity contribution in [2.24, 2.45) is 0 Å². The first kappa shape index (κ1) is 22.1. The molecule has 9 heteroatoms. The smallest absolute Gasteiger partial charge is 0.308 e. The predicted octanol–water partition coefficient (Wildman–Crippen LogP) is 4.42. The second kappa shape index (κ2) is 9.94. The van der Waals surface area contributed by atoms with Crippen LogP contribution in [0.4, 0.5) is 5.69 Å². The summed E-state index contributed by atoms with van der Waals surface area (Å²) in [5.74, 6) is -1.06. The maximum Gasteiger partial charge on any atom is 0.308 e. The number of benzene rings is 2.